The van der Waals surface area contributed by atoms with Crippen LogP contribution in [0.15, 0.2) is 54.6 Å². The van der Waals surface area contributed by atoms with Gasteiger partial charge >= 0.3 is 0 Å². The van der Waals surface area contributed by atoms with Gasteiger partial charge in [0.25, 0.3) is 0 Å². The largest absolute Gasteiger partial charge is 0.396 e. The third-order valence-corrected chi connectivity index (χ3v) is 5.10. The van der Waals surface area contributed by atoms with Crippen LogP contribution in [0.5, 0.6) is 0 Å². The molecule has 0 saturated carbocycles. The summed E-state index contributed by atoms with van der Waals surface area (Å²) in [6.07, 6.45) is 7.67. The number of Topliss-reactive ketones (excluding diaryl/α,β-unsaturated/α-hetero) is 1. The summed E-state index contributed by atoms with van der Waals surface area (Å²) in [4.78, 5) is 12.3. The molecule has 146 valence electrons. The first kappa shape index (κ1) is 21.3. The normalized spacial score (nSPS) is 11.1. The summed E-state index contributed by atoms with van der Waals surface area (Å²) >= 11 is 0. The topological polar surface area (TPSA) is 57.5 Å². The Hall–Kier alpha value is -1.97. The van der Waals surface area contributed by atoms with Crippen LogP contribution >= 0.6 is 0 Å². The number of unbranched alkanes of at least 4 members (excludes halogenated alkanes) is 3. The lowest BCUT2D eigenvalue weighted by Crippen LogP contribution is -2.11. The average molecular weight is 369 g/mol. The Balaban J connectivity index is 1.62. The van der Waals surface area contributed by atoms with E-state index < -0.39 is 0 Å². The molecule has 0 unspecified atom stereocenters. The molecule has 2 aromatic rings. The van der Waals surface area contributed by atoms with Crippen molar-refractivity contribution in [3.05, 3.63) is 71.3 Å². The molecule has 0 aliphatic heterocycles. The van der Waals surface area contributed by atoms with Crippen molar-refractivity contribution in [1.82, 2.24) is 0 Å². The molecule has 0 spiro atoms. The van der Waals surface area contributed by atoms with Gasteiger partial charge in [-0.15, -0.1) is 0 Å². The number of carbonyl (C=O) groups excluding carboxylic acids is 1. The van der Waals surface area contributed by atoms with Gasteiger partial charge in [0.2, 0.25) is 0 Å². The number of benzene rings is 2. The third-order valence-electron chi connectivity index (χ3n) is 5.10. The molecule has 0 amide bonds. The van der Waals surface area contributed by atoms with Crippen molar-refractivity contribution >= 4 is 5.78 Å². The van der Waals surface area contributed by atoms with Crippen molar-refractivity contribution in [2.24, 2.45) is 5.92 Å². The molecule has 0 bridgehead atoms. The molecule has 2 N–H and O–H groups in total. The van der Waals surface area contributed by atoms with Crippen LogP contribution in [-0.4, -0.2) is 29.2 Å². The zero-order valence-electron chi connectivity index (χ0n) is 16.1. The molecular formula is C24H32O3. The van der Waals surface area contributed by atoms with Gasteiger partial charge in [-0.3, -0.25) is 4.79 Å². The summed E-state index contributed by atoms with van der Waals surface area (Å²) in [5, 5.41) is 18.2. The Morgan fingerprint density at radius 3 is 2.04 bits per heavy atom. The van der Waals surface area contributed by atoms with E-state index in [1.54, 1.807) is 0 Å². The Kier molecular flexibility index (Phi) is 9.81. The lowest BCUT2D eigenvalue weighted by atomic mass is 9.98. The fourth-order valence-corrected chi connectivity index (χ4v) is 3.23. The number of ketones is 1. The summed E-state index contributed by atoms with van der Waals surface area (Å²) in [6, 6.07) is 18.3. The Bertz CT molecular complexity index is 645. The predicted molar refractivity (Wildman–Crippen MR) is 110 cm³/mol. The van der Waals surface area contributed by atoms with Gasteiger partial charge in [0.1, 0.15) is 0 Å². The molecule has 27 heavy (non-hydrogen) atoms. The van der Waals surface area contributed by atoms with Crippen molar-refractivity contribution in [3.63, 3.8) is 0 Å². The molecule has 0 atom stereocenters. The van der Waals surface area contributed by atoms with E-state index in [1.165, 1.54) is 12.0 Å². The maximum absolute atomic E-state index is 12.3. The average Bonchev–Trinajstić information content (AvgIpc) is 2.72. The van der Waals surface area contributed by atoms with Crippen LogP contribution in [0.2, 0.25) is 0 Å². The maximum Gasteiger partial charge on any atom is 0.162 e. The number of hydrogen-bond acceptors (Lipinski definition) is 3. The van der Waals surface area contributed by atoms with Crippen LogP contribution in [0.4, 0.5) is 0 Å². The fraction of sp³-hybridized carbons (Fsp3) is 0.458. The number of rotatable bonds is 13. The minimum absolute atomic E-state index is 0.0123. The van der Waals surface area contributed by atoms with E-state index in [4.69, 9.17) is 10.2 Å². The number of aliphatic hydroxyl groups excluding tert-OH is 2. The first-order chi connectivity index (χ1) is 13.2. The quantitative estimate of drug-likeness (QED) is 0.401. The molecule has 0 fully saturated rings. The van der Waals surface area contributed by atoms with Gasteiger partial charge in [-0.25, -0.2) is 0 Å². The van der Waals surface area contributed by atoms with Gasteiger partial charge in [-0.2, -0.15) is 0 Å². The summed E-state index contributed by atoms with van der Waals surface area (Å²) < 4.78 is 0. The zero-order chi connectivity index (χ0) is 19.3. The van der Waals surface area contributed by atoms with E-state index in [9.17, 15) is 4.79 Å². The summed E-state index contributed by atoms with van der Waals surface area (Å²) in [5.41, 5.74) is 3.31. The SMILES string of the molecule is O=C(CCCCCCc1ccccc1)c1ccc(CCC(CO)CO)cc1. The molecule has 0 heterocycles. The highest BCUT2D eigenvalue weighted by Gasteiger charge is 2.08. The lowest BCUT2D eigenvalue weighted by molar-refractivity contribution is 0.0979. The molecule has 0 aromatic heterocycles. The summed E-state index contributed by atoms with van der Waals surface area (Å²) in [6.45, 7) is 0.0246. The standard InChI is InChI=1S/C24H32O3/c25-18-22(19-26)13-12-21-14-16-23(17-15-21)24(27)11-7-2-1-4-8-20-9-5-3-6-10-20/h3,5-6,9-10,14-17,22,25-26H,1-2,4,7-8,11-13,18-19H2. The highest BCUT2D eigenvalue weighted by molar-refractivity contribution is 5.96. The summed E-state index contributed by atoms with van der Waals surface area (Å²) in [7, 11) is 0. The molecule has 0 radical (unpaired) electrons. The van der Waals surface area contributed by atoms with E-state index in [1.807, 2.05) is 30.3 Å². The van der Waals surface area contributed by atoms with Crippen LogP contribution in [0.25, 0.3) is 0 Å². The summed E-state index contributed by atoms with van der Waals surface area (Å²) in [5.74, 6) is 0.154. The molecule has 0 saturated heterocycles. The number of aliphatic hydroxyl groups is 2. The minimum Gasteiger partial charge on any atom is -0.396 e. The third kappa shape index (κ3) is 8.06. The number of carbonyl (C=O) groups is 1. The Morgan fingerprint density at radius 1 is 0.741 bits per heavy atom. The Morgan fingerprint density at radius 2 is 1.37 bits per heavy atom. The van der Waals surface area contributed by atoms with Crippen LogP contribution in [0.3, 0.4) is 0 Å². The first-order valence-electron chi connectivity index (χ1n) is 10.1. The van der Waals surface area contributed by atoms with E-state index in [-0.39, 0.29) is 24.9 Å². The van der Waals surface area contributed by atoms with Crippen LogP contribution in [0, 0.1) is 5.92 Å². The monoisotopic (exact) mass is 368 g/mol. The predicted octanol–water partition coefficient (Wildman–Crippen LogP) is 4.60. The fourth-order valence-electron chi connectivity index (χ4n) is 3.23. The van der Waals surface area contributed by atoms with Gasteiger partial charge in [0, 0.05) is 31.1 Å². The molecule has 3 nitrogen and oxygen atoms in total. The molecular weight excluding hydrogens is 336 g/mol. The smallest absolute Gasteiger partial charge is 0.162 e. The second-order valence-electron chi connectivity index (χ2n) is 7.29. The van der Waals surface area contributed by atoms with E-state index in [0.717, 1.165) is 49.7 Å². The minimum atomic E-state index is -0.0619. The van der Waals surface area contributed by atoms with Crippen molar-refractivity contribution in [3.8, 4) is 0 Å². The van der Waals surface area contributed by atoms with Gasteiger partial charge in [0.15, 0.2) is 5.78 Å². The van der Waals surface area contributed by atoms with E-state index in [0.29, 0.717) is 6.42 Å². The van der Waals surface area contributed by atoms with Crippen LogP contribution in [0.1, 0.15) is 60.0 Å². The van der Waals surface area contributed by atoms with Gasteiger partial charge in [-0.05, 0) is 43.2 Å². The van der Waals surface area contributed by atoms with Gasteiger partial charge in [-0.1, -0.05) is 67.4 Å². The van der Waals surface area contributed by atoms with Crippen molar-refractivity contribution in [2.75, 3.05) is 13.2 Å². The van der Waals surface area contributed by atoms with Crippen LogP contribution < -0.4 is 0 Å². The zero-order valence-corrected chi connectivity index (χ0v) is 16.1. The second kappa shape index (κ2) is 12.4. The highest BCUT2D eigenvalue weighted by Crippen LogP contribution is 2.14. The van der Waals surface area contributed by atoms with E-state index in [2.05, 4.69) is 24.3 Å². The maximum atomic E-state index is 12.3. The first-order valence-corrected chi connectivity index (χ1v) is 10.1. The lowest BCUT2D eigenvalue weighted by Gasteiger charge is -2.10. The number of aryl methyl sites for hydroxylation is 2. The van der Waals surface area contributed by atoms with E-state index >= 15 is 0 Å². The molecule has 3 heteroatoms. The molecule has 2 rings (SSSR count). The Labute approximate surface area is 163 Å². The molecule has 0 aliphatic rings. The number of hydrogen-bond donors (Lipinski definition) is 2. The van der Waals surface area contributed by atoms with Crippen molar-refractivity contribution < 1.29 is 15.0 Å². The van der Waals surface area contributed by atoms with Gasteiger partial charge in [0.05, 0.1) is 0 Å². The van der Waals surface area contributed by atoms with Crippen molar-refractivity contribution in [1.29, 1.82) is 0 Å². The van der Waals surface area contributed by atoms with Gasteiger partial charge < -0.3 is 10.2 Å². The second-order valence-corrected chi connectivity index (χ2v) is 7.29. The highest BCUT2D eigenvalue weighted by atomic mass is 16.3. The van der Waals surface area contributed by atoms with Crippen LogP contribution in [-0.2, 0) is 12.8 Å². The molecule has 0 aliphatic carbocycles. The molecule has 2 aromatic carbocycles. The van der Waals surface area contributed by atoms with Crippen molar-refractivity contribution in [2.45, 2.75) is 51.4 Å².